The Morgan fingerprint density at radius 1 is 1.31 bits per heavy atom. The van der Waals surface area contributed by atoms with E-state index in [2.05, 4.69) is 22.6 Å². The first-order chi connectivity index (χ1) is 6.42. The van der Waals surface area contributed by atoms with E-state index >= 15 is 0 Å². The summed E-state index contributed by atoms with van der Waals surface area (Å²) < 4.78 is 4.37. The first-order valence-electron chi connectivity index (χ1n) is 4.45. The maximum Gasteiger partial charge on any atom is 0.0843 e. The van der Waals surface area contributed by atoms with E-state index in [9.17, 15) is 0 Å². The second kappa shape index (κ2) is 3.85. The van der Waals surface area contributed by atoms with Gasteiger partial charge in [0, 0.05) is 10.3 Å². The molecule has 13 heavy (non-hydrogen) atoms. The zero-order valence-electron chi connectivity index (χ0n) is 7.36. The molecule has 68 valence electrons. The molecule has 3 heteroatoms. The molecule has 0 aliphatic heterocycles. The molecule has 1 heterocycles. The summed E-state index contributed by atoms with van der Waals surface area (Å²) in [4.78, 5) is 1.36. The lowest BCUT2D eigenvalue weighted by Crippen LogP contribution is -1.99. The van der Waals surface area contributed by atoms with Crippen LogP contribution in [0.3, 0.4) is 0 Å². The fraction of sp³-hybridized carbons (Fsp3) is 0.300. The fourth-order valence-electron chi connectivity index (χ4n) is 1.39. The van der Waals surface area contributed by atoms with Gasteiger partial charge in [-0.25, -0.2) is 0 Å². The van der Waals surface area contributed by atoms with Gasteiger partial charge >= 0.3 is 0 Å². The summed E-state index contributed by atoms with van der Waals surface area (Å²) in [5.74, 6) is 0. The van der Waals surface area contributed by atoms with Gasteiger partial charge < -0.3 is 5.73 Å². The minimum atomic E-state index is 0.756. The molecular formula is C10H12N2S. The van der Waals surface area contributed by atoms with Gasteiger partial charge in [-0.2, -0.15) is 4.37 Å². The zero-order chi connectivity index (χ0) is 9.10. The average Bonchev–Trinajstić information content (AvgIpc) is 2.58. The van der Waals surface area contributed by atoms with Crippen LogP contribution in [0.1, 0.15) is 11.3 Å². The van der Waals surface area contributed by atoms with Gasteiger partial charge in [0.25, 0.3) is 0 Å². The molecule has 1 aromatic heterocycles. The van der Waals surface area contributed by atoms with Crippen LogP contribution in [0, 0.1) is 0 Å². The maximum absolute atomic E-state index is 5.47. The molecule has 0 unspecified atom stereocenters. The molecular weight excluding hydrogens is 180 g/mol. The van der Waals surface area contributed by atoms with E-state index in [0.717, 1.165) is 24.9 Å². The SMILES string of the molecule is NCCCc1snc2ccccc12. The topological polar surface area (TPSA) is 38.9 Å². The quantitative estimate of drug-likeness (QED) is 0.809. The molecule has 0 aliphatic carbocycles. The number of hydrogen-bond donors (Lipinski definition) is 1. The van der Waals surface area contributed by atoms with Crippen LogP contribution in [0.2, 0.25) is 0 Å². The highest BCUT2D eigenvalue weighted by atomic mass is 32.1. The van der Waals surface area contributed by atoms with E-state index in [0.29, 0.717) is 0 Å². The lowest BCUT2D eigenvalue weighted by atomic mass is 10.1. The van der Waals surface area contributed by atoms with Gasteiger partial charge in [-0.05, 0) is 37.0 Å². The minimum Gasteiger partial charge on any atom is -0.330 e. The summed E-state index contributed by atoms with van der Waals surface area (Å²) >= 11 is 1.60. The highest BCUT2D eigenvalue weighted by Crippen LogP contribution is 2.22. The number of nitrogens with zero attached hydrogens (tertiary/aromatic N) is 1. The largest absolute Gasteiger partial charge is 0.330 e. The molecule has 2 rings (SSSR count). The first-order valence-corrected chi connectivity index (χ1v) is 5.22. The predicted octanol–water partition coefficient (Wildman–Crippen LogP) is 2.19. The summed E-state index contributed by atoms with van der Waals surface area (Å²) in [6.45, 7) is 0.756. The Labute approximate surface area is 81.5 Å². The Kier molecular flexibility index (Phi) is 2.57. The average molecular weight is 192 g/mol. The Hall–Kier alpha value is -0.930. The van der Waals surface area contributed by atoms with Crippen LogP contribution in [0.4, 0.5) is 0 Å². The lowest BCUT2D eigenvalue weighted by Gasteiger charge is -1.94. The van der Waals surface area contributed by atoms with Gasteiger partial charge in [0.1, 0.15) is 0 Å². The van der Waals surface area contributed by atoms with Crippen LogP contribution < -0.4 is 5.73 Å². The van der Waals surface area contributed by atoms with Crippen LogP contribution >= 0.6 is 11.5 Å². The fourth-order valence-corrected chi connectivity index (χ4v) is 2.26. The zero-order valence-corrected chi connectivity index (χ0v) is 8.18. The lowest BCUT2D eigenvalue weighted by molar-refractivity contribution is 0.846. The van der Waals surface area contributed by atoms with Crippen molar-refractivity contribution in [1.82, 2.24) is 4.37 Å². The molecule has 0 radical (unpaired) electrons. The van der Waals surface area contributed by atoms with Crippen molar-refractivity contribution in [2.45, 2.75) is 12.8 Å². The number of benzene rings is 1. The third-order valence-electron chi connectivity index (χ3n) is 2.07. The van der Waals surface area contributed by atoms with E-state index < -0.39 is 0 Å². The van der Waals surface area contributed by atoms with Gasteiger partial charge in [-0.1, -0.05) is 18.2 Å². The smallest absolute Gasteiger partial charge is 0.0843 e. The molecule has 0 atom stereocenters. The normalized spacial score (nSPS) is 10.8. The van der Waals surface area contributed by atoms with Crippen LogP contribution in [0.15, 0.2) is 24.3 Å². The molecule has 0 saturated carbocycles. The summed E-state index contributed by atoms with van der Waals surface area (Å²) in [5, 5.41) is 1.29. The molecule has 0 amide bonds. The highest BCUT2D eigenvalue weighted by molar-refractivity contribution is 7.07. The second-order valence-electron chi connectivity index (χ2n) is 3.02. The van der Waals surface area contributed by atoms with Crippen LogP contribution in [-0.2, 0) is 6.42 Å². The number of aryl methyl sites for hydroxylation is 1. The maximum atomic E-state index is 5.47. The molecule has 1 aromatic carbocycles. The highest BCUT2D eigenvalue weighted by Gasteiger charge is 2.03. The van der Waals surface area contributed by atoms with Crippen molar-refractivity contribution in [1.29, 1.82) is 0 Å². The van der Waals surface area contributed by atoms with Crippen molar-refractivity contribution in [2.75, 3.05) is 6.54 Å². The van der Waals surface area contributed by atoms with Crippen molar-refractivity contribution >= 4 is 22.4 Å². The van der Waals surface area contributed by atoms with Gasteiger partial charge in [-0.15, -0.1) is 0 Å². The summed E-state index contributed by atoms with van der Waals surface area (Å²) in [6.07, 6.45) is 2.11. The Balaban J connectivity index is 2.35. The van der Waals surface area contributed by atoms with Crippen LogP contribution in [0.5, 0.6) is 0 Å². The van der Waals surface area contributed by atoms with E-state index in [-0.39, 0.29) is 0 Å². The Bertz CT molecular complexity index is 394. The molecule has 0 aliphatic rings. The molecule has 2 N–H and O–H groups in total. The number of rotatable bonds is 3. The predicted molar refractivity (Wildman–Crippen MR) is 57.0 cm³/mol. The van der Waals surface area contributed by atoms with Crippen molar-refractivity contribution in [3.8, 4) is 0 Å². The van der Waals surface area contributed by atoms with Crippen molar-refractivity contribution < 1.29 is 0 Å². The van der Waals surface area contributed by atoms with Crippen molar-refractivity contribution in [3.05, 3.63) is 29.1 Å². The summed E-state index contributed by atoms with van der Waals surface area (Å²) in [7, 11) is 0. The van der Waals surface area contributed by atoms with E-state index in [1.165, 1.54) is 10.3 Å². The molecule has 0 fully saturated rings. The molecule has 0 saturated heterocycles. The second-order valence-corrected chi connectivity index (χ2v) is 3.87. The number of aromatic nitrogens is 1. The standard InChI is InChI=1S/C10H12N2S/c11-7-3-6-10-8-4-1-2-5-9(8)12-13-10/h1-2,4-5H,3,6-7,11H2. The third-order valence-corrected chi connectivity index (χ3v) is 3.00. The Morgan fingerprint density at radius 2 is 2.15 bits per heavy atom. The summed E-state index contributed by atoms with van der Waals surface area (Å²) in [5.41, 5.74) is 6.58. The van der Waals surface area contributed by atoms with Crippen LogP contribution in [0.25, 0.3) is 10.9 Å². The minimum absolute atomic E-state index is 0.756. The van der Waals surface area contributed by atoms with Gasteiger partial charge in [0.2, 0.25) is 0 Å². The molecule has 0 bridgehead atoms. The molecule has 0 spiro atoms. The monoisotopic (exact) mass is 192 g/mol. The molecule has 2 nitrogen and oxygen atoms in total. The van der Waals surface area contributed by atoms with Crippen molar-refractivity contribution in [3.63, 3.8) is 0 Å². The number of hydrogen-bond acceptors (Lipinski definition) is 3. The van der Waals surface area contributed by atoms with E-state index in [4.69, 9.17) is 5.73 Å². The van der Waals surface area contributed by atoms with Gasteiger partial charge in [0.15, 0.2) is 0 Å². The first kappa shape index (κ1) is 8.66. The van der Waals surface area contributed by atoms with Gasteiger partial charge in [0.05, 0.1) is 5.52 Å². The number of fused-ring (bicyclic) bond motifs is 1. The van der Waals surface area contributed by atoms with E-state index in [1.807, 2.05) is 6.07 Å². The van der Waals surface area contributed by atoms with E-state index in [1.54, 1.807) is 11.5 Å². The number of nitrogens with two attached hydrogens (primary N) is 1. The Morgan fingerprint density at radius 3 is 3.00 bits per heavy atom. The summed E-state index contributed by atoms with van der Waals surface area (Å²) in [6, 6.07) is 8.26. The van der Waals surface area contributed by atoms with Gasteiger partial charge in [-0.3, -0.25) is 0 Å². The van der Waals surface area contributed by atoms with Crippen LogP contribution in [-0.4, -0.2) is 10.9 Å². The third kappa shape index (κ3) is 1.71. The molecule has 2 aromatic rings. The van der Waals surface area contributed by atoms with Crippen molar-refractivity contribution in [2.24, 2.45) is 5.73 Å².